The van der Waals surface area contributed by atoms with Crippen LogP contribution in [0.5, 0.6) is 0 Å². The molecule has 3 heteroatoms. The van der Waals surface area contributed by atoms with Gasteiger partial charge in [-0.1, -0.05) is 13.0 Å². The van der Waals surface area contributed by atoms with Crippen LogP contribution in [0.1, 0.15) is 27.2 Å². The lowest BCUT2D eigenvalue weighted by Crippen LogP contribution is -2.03. The molecule has 0 saturated heterocycles. The van der Waals surface area contributed by atoms with Gasteiger partial charge in [0, 0.05) is 23.2 Å². The molecule has 0 fully saturated rings. The maximum Gasteiger partial charge on any atom is 0.0944 e. The van der Waals surface area contributed by atoms with Crippen LogP contribution in [0.15, 0.2) is 35.7 Å². The largest absolute Gasteiger partial charge is 0.362 e. The quantitative estimate of drug-likeness (QED) is 0.410. The summed E-state index contributed by atoms with van der Waals surface area (Å²) < 4.78 is 0. The average Bonchev–Trinajstić information content (AvgIpc) is 2.17. The Labute approximate surface area is 91.3 Å². The topological polar surface area (TPSA) is 59.7 Å². The third kappa shape index (κ3) is 7.27. The minimum atomic E-state index is 0.485. The highest BCUT2D eigenvalue weighted by Gasteiger charge is 1.90. The summed E-state index contributed by atoms with van der Waals surface area (Å²) in [5, 5.41) is 18.9. The smallest absolute Gasteiger partial charge is 0.0944 e. The van der Waals surface area contributed by atoms with Gasteiger partial charge in [-0.3, -0.25) is 0 Å². The number of allylic oxidation sites excluding steroid dienone is 4. The molecule has 0 aromatic rings. The molecular weight excluding hydrogens is 186 g/mol. The number of hydrogen-bond donors (Lipinski definition) is 2. The van der Waals surface area contributed by atoms with E-state index >= 15 is 0 Å². The summed E-state index contributed by atoms with van der Waals surface area (Å²) in [4.78, 5) is 0. The monoisotopic (exact) mass is 203 g/mol. The number of nitrogens with one attached hydrogen (secondary N) is 2. The zero-order chi connectivity index (χ0) is 11.7. The molecule has 0 unspecified atom stereocenters. The summed E-state index contributed by atoms with van der Waals surface area (Å²) in [6.45, 7) is 5.50. The van der Waals surface area contributed by atoms with Crippen LogP contribution < -0.4 is 5.32 Å². The number of nitriles is 1. The van der Waals surface area contributed by atoms with E-state index in [-0.39, 0.29) is 0 Å². The summed E-state index contributed by atoms with van der Waals surface area (Å²) in [6.07, 6.45) is 8.04. The first-order valence-electron chi connectivity index (χ1n) is 4.87. The van der Waals surface area contributed by atoms with Crippen LogP contribution in [0.3, 0.4) is 0 Å². The van der Waals surface area contributed by atoms with Crippen molar-refractivity contribution < 1.29 is 0 Å². The first kappa shape index (κ1) is 13.2. The van der Waals surface area contributed by atoms with E-state index in [4.69, 9.17) is 10.7 Å². The molecule has 0 rings (SSSR count). The van der Waals surface area contributed by atoms with Gasteiger partial charge in [0.1, 0.15) is 0 Å². The van der Waals surface area contributed by atoms with Gasteiger partial charge in [-0.05, 0) is 32.4 Å². The fraction of sp³-hybridized carbons (Fsp3) is 0.333. The number of rotatable bonds is 5. The second kappa shape index (κ2) is 7.57. The Balaban J connectivity index is 4.52. The minimum Gasteiger partial charge on any atom is -0.362 e. The average molecular weight is 203 g/mol. The Morgan fingerprint density at radius 2 is 2.13 bits per heavy atom. The van der Waals surface area contributed by atoms with Crippen LogP contribution in [0.25, 0.3) is 0 Å². The SMILES string of the molecule is CC/C=C(\C=C(/C)C#N)N/C=C\C(C)=N. The third-order valence-corrected chi connectivity index (χ3v) is 1.56. The molecule has 0 amide bonds. The summed E-state index contributed by atoms with van der Waals surface area (Å²) in [7, 11) is 0. The van der Waals surface area contributed by atoms with E-state index < -0.39 is 0 Å². The highest BCUT2D eigenvalue weighted by molar-refractivity contribution is 5.89. The Hall–Kier alpha value is -1.82. The minimum absolute atomic E-state index is 0.485. The van der Waals surface area contributed by atoms with Gasteiger partial charge in [-0.25, -0.2) is 0 Å². The van der Waals surface area contributed by atoms with Crippen LogP contribution in [-0.4, -0.2) is 5.71 Å². The van der Waals surface area contributed by atoms with Crippen LogP contribution >= 0.6 is 0 Å². The molecule has 80 valence electrons. The fourth-order valence-electron chi connectivity index (χ4n) is 0.908. The maximum absolute atomic E-state index is 8.64. The van der Waals surface area contributed by atoms with Crippen LogP contribution in [0, 0.1) is 16.7 Å². The predicted octanol–water partition coefficient (Wildman–Crippen LogP) is 2.89. The van der Waals surface area contributed by atoms with Crippen molar-refractivity contribution in [2.45, 2.75) is 27.2 Å². The molecule has 0 aliphatic heterocycles. The van der Waals surface area contributed by atoms with Crippen LogP contribution in [0.2, 0.25) is 0 Å². The first-order valence-corrected chi connectivity index (χ1v) is 4.87. The molecule has 2 N–H and O–H groups in total. The molecule has 3 nitrogen and oxygen atoms in total. The van der Waals surface area contributed by atoms with Crippen molar-refractivity contribution in [3.05, 3.63) is 35.7 Å². The van der Waals surface area contributed by atoms with Gasteiger partial charge in [0.15, 0.2) is 0 Å². The molecule has 15 heavy (non-hydrogen) atoms. The molecule has 0 saturated carbocycles. The molecule has 0 aliphatic carbocycles. The highest BCUT2D eigenvalue weighted by Crippen LogP contribution is 2.00. The van der Waals surface area contributed by atoms with E-state index in [1.165, 1.54) is 0 Å². The highest BCUT2D eigenvalue weighted by atomic mass is 14.8. The van der Waals surface area contributed by atoms with Gasteiger partial charge in [0.25, 0.3) is 0 Å². The lowest BCUT2D eigenvalue weighted by Gasteiger charge is -2.01. The Bertz CT molecular complexity index is 340. The van der Waals surface area contributed by atoms with Crippen molar-refractivity contribution >= 4 is 5.71 Å². The van der Waals surface area contributed by atoms with Crippen molar-refractivity contribution in [1.29, 1.82) is 10.7 Å². The molecule has 0 spiro atoms. The van der Waals surface area contributed by atoms with E-state index in [0.29, 0.717) is 11.3 Å². The van der Waals surface area contributed by atoms with Crippen LogP contribution in [0.4, 0.5) is 0 Å². The molecule has 0 heterocycles. The van der Waals surface area contributed by atoms with E-state index in [2.05, 4.69) is 11.4 Å². The second-order valence-corrected chi connectivity index (χ2v) is 3.17. The number of nitrogens with zero attached hydrogens (tertiary/aromatic N) is 1. The summed E-state index contributed by atoms with van der Waals surface area (Å²) in [5.74, 6) is 0. The Morgan fingerprint density at radius 3 is 2.60 bits per heavy atom. The normalized spacial score (nSPS) is 12.7. The van der Waals surface area contributed by atoms with Gasteiger partial charge >= 0.3 is 0 Å². The first-order chi connectivity index (χ1) is 7.10. The molecular formula is C12H17N3. The standard InChI is InChI=1S/C12H17N3/c1-4-5-12(8-10(2)9-13)15-7-6-11(3)14/h5-8,14-15H,4H2,1-3H3/b7-6-,10-8+,12-5+,14-11?. The summed E-state index contributed by atoms with van der Waals surface area (Å²) in [5.41, 5.74) is 2.02. The lowest BCUT2D eigenvalue weighted by molar-refractivity contribution is 1.06. The summed E-state index contributed by atoms with van der Waals surface area (Å²) in [6, 6.07) is 2.07. The van der Waals surface area contributed by atoms with Gasteiger partial charge in [0.2, 0.25) is 0 Å². The molecule has 0 aromatic heterocycles. The van der Waals surface area contributed by atoms with E-state index in [9.17, 15) is 0 Å². The molecule has 0 aliphatic rings. The van der Waals surface area contributed by atoms with Crippen molar-refractivity contribution in [3.8, 4) is 6.07 Å². The zero-order valence-electron chi connectivity index (χ0n) is 9.46. The van der Waals surface area contributed by atoms with Gasteiger partial charge in [-0.15, -0.1) is 0 Å². The molecule has 0 bridgehead atoms. The third-order valence-electron chi connectivity index (χ3n) is 1.56. The summed E-state index contributed by atoms with van der Waals surface area (Å²) >= 11 is 0. The molecule has 0 radical (unpaired) electrons. The predicted molar refractivity (Wildman–Crippen MR) is 63.4 cm³/mol. The fourth-order valence-corrected chi connectivity index (χ4v) is 0.908. The zero-order valence-corrected chi connectivity index (χ0v) is 9.46. The van der Waals surface area contributed by atoms with Crippen LogP contribution in [-0.2, 0) is 0 Å². The van der Waals surface area contributed by atoms with Crippen molar-refractivity contribution in [2.75, 3.05) is 0 Å². The molecule has 0 aromatic carbocycles. The van der Waals surface area contributed by atoms with Gasteiger partial charge in [0.05, 0.1) is 6.07 Å². The van der Waals surface area contributed by atoms with E-state index in [1.807, 2.05) is 13.0 Å². The van der Waals surface area contributed by atoms with E-state index in [0.717, 1.165) is 12.1 Å². The van der Waals surface area contributed by atoms with Gasteiger partial charge in [-0.2, -0.15) is 5.26 Å². The second-order valence-electron chi connectivity index (χ2n) is 3.17. The lowest BCUT2D eigenvalue weighted by atomic mass is 10.2. The Morgan fingerprint density at radius 1 is 1.47 bits per heavy atom. The van der Waals surface area contributed by atoms with Crippen molar-refractivity contribution in [2.24, 2.45) is 0 Å². The molecule has 0 atom stereocenters. The van der Waals surface area contributed by atoms with E-state index in [1.54, 1.807) is 32.2 Å². The maximum atomic E-state index is 8.64. The van der Waals surface area contributed by atoms with Gasteiger partial charge < -0.3 is 10.7 Å². The van der Waals surface area contributed by atoms with Crippen molar-refractivity contribution in [1.82, 2.24) is 5.32 Å². The Kier molecular flexibility index (Phi) is 6.65. The van der Waals surface area contributed by atoms with Crippen molar-refractivity contribution in [3.63, 3.8) is 0 Å². The number of hydrogen-bond acceptors (Lipinski definition) is 3.